The molecule has 5 heterocycles. The number of halogens is 1. The molecule has 0 radical (unpaired) electrons. The number of hydrogen-bond donors (Lipinski definition) is 1. The summed E-state index contributed by atoms with van der Waals surface area (Å²) in [5.74, 6) is 0.940. The fourth-order valence-corrected chi connectivity index (χ4v) is 6.59. The third-order valence-electron chi connectivity index (χ3n) is 9.11. The second-order valence-electron chi connectivity index (χ2n) is 12.2. The number of rotatable bonds is 6. The van der Waals surface area contributed by atoms with Gasteiger partial charge in [0.15, 0.2) is 11.5 Å². The summed E-state index contributed by atoms with van der Waals surface area (Å²) >= 11 is 0. The molecule has 0 unspecified atom stereocenters. The lowest BCUT2D eigenvalue weighted by Gasteiger charge is -2.39. The third-order valence-corrected chi connectivity index (χ3v) is 9.11. The molecule has 1 saturated carbocycles. The zero-order valence-electron chi connectivity index (χ0n) is 22.7. The van der Waals surface area contributed by atoms with Crippen LogP contribution in [0.4, 0.5) is 4.39 Å². The zero-order chi connectivity index (χ0) is 25.9. The fourth-order valence-electron chi connectivity index (χ4n) is 6.59. The van der Waals surface area contributed by atoms with Gasteiger partial charge in [0.1, 0.15) is 6.33 Å². The molecule has 37 heavy (non-hydrogen) atoms. The Balaban J connectivity index is 1.32. The number of hydrogen-bond acceptors (Lipinski definition) is 4. The predicted molar refractivity (Wildman–Crippen MR) is 144 cm³/mol. The minimum absolute atomic E-state index is 0.137. The minimum Gasteiger partial charge on any atom is -0.380 e. The van der Waals surface area contributed by atoms with Crippen molar-refractivity contribution in [3.05, 3.63) is 46.9 Å². The van der Waals surface area contributed by atoms with Gasteiger partial charge in [0.05, 0.1) is 36.3 Å². The number of fused-ring (bicyclic) bond motifs is 2. The van der Waals surface area contributed by atoms with Crippen molar-refractivity contribution in [1.82, 2.24) is 24.6 Å². The van der Waals surface area contributed by atoms with Crippen LogP contribution in [0.15, 0.2) is 18.7 Å². The second-order valence-corrected chi connectivity index (χ2v) is 12.2. The second kappa shape index (κ2) is 9.19. The molecule has 4 aromatic rings. The quantitative estimate of drug-likeness (QED) is 0.301. The fraction of sp³-hybridized carbons (Fsp3) is 0.567. The number of aromatic amines is 1. The van der Waals surface area contributed by atoms with Gasteiger partial charge < -0.3 is 9.72 Å². The summed E-state index contributed by atoms with van der Waals surface area (Å²) < 4.78 is 23.6. The van der Waals surface area contributed by atoms with Crippen LogP contribution in [0.5, 0.6) is 0 Å². The van der Waals surface area contributed by atoms with Gasteiger partial charge in [0, 0.05) is 28.5 Å². The van der Waals surface area contributed by atoms with Crippen LogP contribution in [-0.2, 0) is 4.74 Å². The van der Waals surface area contributed by atoms with E-state index in [4.69, 9.17) is 9.72 Å². The van der Waals surface area contributed by atoms with Gasteiger partial charge in [-0.15, -0.1) is 0 Å². The molecule has 1 aliphatic heterocycles. The lowest BCUT2D eigenvalue weighted by Crippen LogP contribution is -2.40. The lowest BCUT2D eigenvalue weighted by atomic mass is 9.74. The molecule has 0 atom stereocenters. The van der Waals surface area contributed by atoms with Crippen molar-refractivity contribution in [2.75, 3.05) is 13.2 Å². The van der Waals surface area contributed by atoms with Gasteiger partial charge in [-0.05, 0) is 80.9 Å². The number of aromatic nitrogens is 5. The van der Waals surface area contributed by atoms with E-state index in [-0.39, 0.29) is 17.7 Å². The van der Waals surface area contributed by atoms with Crippen LogP contribution in [0.3, 0.4) is 0 Å². The molecule has 1 saturated heterocycles. The molecule has 2 aliphatic rings. The molecule has 0 bridgehead atoms. The van der Waals surface area contributed by atoms with E-state index < -0.39 is 0 Å². The van der Waals surface area contributed by atoms with Gasteiger partial charge in [-0.2, -0.15) is 5.10 Å². The first-order valence-corrected chi connectivity index (χ1v) is 13.8. The van der Waals surface area contributed by atoms with Crippen LogP contribution < -0.4 is 0 Å². The van der Waals surface area contributed by atoms with Gasteiger partial charge in [-0.1, -0.05) is 20.8 Å². The zero-order valence-corrected chi connectivity index (χ0v) is 22.7. The average Bonchev–Trinajstić information content (AvgIpc) is 3.50. The highest BCUT2D eigenvalue weighted by molar-refractivity contribution is 5.92. The molecule has 196 valence electrons. The number of aryl methyl sites for hydroxylation is 1. The Labute approximate surface area is 218 Å². The van der Waals surface area contributed by atoms with Crippen LogP contribution in [-0.4, -0.2) is 37.8 Å². The van der Waals surface area contributed by atoms with Crippen molar-refractivity contribution in [1.29, 1.82) is 0 Å². The number of H-pyrrole nitrogens is 1. The van der Waals surface area contributed by atoms with E-state index in [1.165, 1.54) is 12.8 Å². The SMILES string of the molecule is Cc1c(-c2[nH]c3cnc(C4CCC(CCC5(C)COC5)CC4)c(F)c3c2C(C)C)cn2ncnc2c1C. The highest BCUT2D eigenvalue weighted by Gasteiger charge is 2.35. The van der Waals surface area contributed by atoms with E-state index in [0.29, 0.717) is 16.5 Å². The van der Waals surface area contributed by atoms with Crippen molar-refractivity contribution >= 4 is 16.6 Å². The molecule has 1 aliphatic carbocycles. The number of pyridine rings is 2. The topological polar surface area (TPSA) is 68.1 Å². The van der Waals surface area contributed by atoms with Gasteiger partial charge in [0.2, 0.25) is 0 Å². The summed E-state index contributed by atoms with van der Waals surface area (Å²) in [5, 5.41) is 5.07. The third kappa shape index (κ3) is 4.15. The summed E-state index contributed by atoms with van der Waals surface area (Å²) in [5.41, 5.74) is 7.86. The normalized spacial score (nSPS) is 21.7. The lowest BCUT2D eigenvalue weighted by molar-refractivity contribution is -0.108. The minimum atomic E-state index is -0.137. The molecule has 1 N–H and O–H groups in total. The van der Waals surface area contributed by atoms with E-state index in [0.717, 1.165) is 83.9 Å². The molecule has 2 fully saturated rings. The molecule has 0 aromatic carbocycles. The Morgan fingerprint density at radius 3 is 2.57 bits per heavy atom. The molecule has 7 heteroatoms. The maximum Gasteiger partial charge on any atom is 0.158 e. The Bertz CT molecular complexity index is 1460. The number of ether oxygens (including phenoxy) is 1. The van der Waals surface area contributed by atoms with Gasteiger partial charge in [0.25, 0.3) is 0 Å². The Hall–Kier alpha value is -2.80. The molecule has 4 aromatic heterocycles. The molecular weight excluding hydrogens is 465 g/mol. The summed E-state index contributed by atoms with van der Waals surface area (Å²) in [6.07, 6.45) is 12.3. The van der Waals surface area contributed by atoms with Crippen LogP contribution in [0.25, 0.3) is 27.8 Å². The molecule has 0 amide bonds. The maximum atomic E-state index is 16.3. The highest BCUT2D eigenvalue weighted by Crippen LogP contribution is 2.44. The molecule has 6 rings (SSSR count). The standard InChI is InChI=1S/C30H38FN5O/c1-17(2)24-25-23(35-28(24)22-13-36-29(33-16-34-36)19(4)18(22)3)12-32-27(26(25)31)21-8-6-20(7-9-21)10-11-30(5)14-37-15-30/h12-13,16-17,20-21,35H,6-11,14-15H2,1-5H3. The molecular formula is C30H38FN5O. The first kappa shape index (κ1) is 24.5. The van der Waals surface area contributed by atoms with Crippen LogP contribution in [0.2, 0.25) is 0 Å². The van der Waals surface area contributed by atoms with Crippen molar-refractivity contribution in [2.24, 2.45) is 11.3 Å². The van der Waals surface area contributed by atoms with E-state index in [1.54, 1.807) is 6.33 Å². The van der Waals surface area contributed by atoms with Crippen molar-refractivity contribution in [3.8, 4) is 11.3 Å². The van der Waals surface area contributed by atoms with Crippen molar-refractivity contribution < 1.29 is 9.13 Å². The first-order chi connectivity index (χ1) is 17.8. The van der Waals surface area contributed by atoms with Gasteiger partial charge >= 0.3 is 0 Å². The largest absolute Gasteiger partial charge is 0.380 e. The highest BCUT2D eigenvalue weighted by atomic mass is 19.1. The summed E-state index contributed by atoms with van der Waals surface area (Å²) in [4.78, 5) is 12.6. The number of nitrogens with one attached hydrogen (secondary N) is 1. The van der Waals surface area contributed by atoms with Gasteiger partial charge in [-0.3, -0.25) is 4.98 Å². The van der Waals surface area contributed by atoms with E-state index in [9.17, 15) is 0 Å². The van der Waals surface area contributed by atoms with Crippen LogP contribution in [0, 0.1) is 31.0 Å². The maximum absolute atomic E-state index is 16.3. The van der Waals surface area contributed by atoms with E-state index in [1.807, 2.05) is 16.9 Å². The Morgan fingerprint density at radius 2 is 1.89 bits per heavy atom. The van der Waals surface area contributed by atoms with E-state index >= 15 is 4.39 Å². The average molecular weight is 504 g/mol. The summed E-state index contributed by atoms with van der Waals surface area (Å²) in [7, 11) is 0. The van der Waals surface area contributed by atoms with E-state index in [2.05, 4.69) is 49.7 Å². The predicted octanol–water partition coefficient (Wildman–Crippen LogP) is 7.24. The van der Waals surface area contributed by atoms with Crippen LogP contribution in [0.1, 0.15) is 93.5 Å². The molecule has 0 spiro atoms. The van der Waals surface area contributed by atoms with Crippen molar-refractivity contribution in [3.63, 3.8) is 0 Å². The molecule has 6 nitrogen and oxygen atoms in total. The smallest absolute Gasteiger partial charge is 0.158 e. The number of nitrogens with zero attached hydrogens (tertiary/aromatic N) is 4. The van der Waals surface area contributed by atoms with Gasteiger partial charge in [-0.25, -0.2) is 13.9 Å². The Kier molecular flexibility index (Phi) is 6.09. The van der Waals surface area contributed by atoms with Crippen molar-refractivity contribution in [2.45, 2.75) is 85.0 Å². The first-order valence-electron chi connectivity index (χ1n) is 13.8. The monoisotopic (exact) mass is 503 g/mol. The summed E-state index contributed by atoms with van der Waals surface area (Å²) in [6, 6.07) is 0. The Morgan fingerprint density at radius 1 is 1.14 bits per heavy atom. The van der Waals surface area contributed by atoms with Crippen LogP contribution >= 0.6 is 0 Å². The summed E-state index contributed by atoms with van der Waals surface area (Å²) in [6.45, 7) is 12.6.